The van der Waals surface area contributed by atoms with Crippen LogP contribution in [0.25, 0.3) is 6.08 Å². The molecular weight excluding hydrogens is 240 g/mol. The van der Waals surface area contributed by atoms with Gasteiger partial charge in [0.05, 0.1) is 7.11 Å². The summed E-state index contributed by atoms with van der Waals surface area (Å²) in [6, 6.07) is 12.8. The third-order valence-corrected chi connectivity index (χ3v) is 2.46. The Labute approximate surface area is 111 Å². The molecule has 0 radical (unpaired) electrons. The summed E-state index contributed by atoms with van der Waals surface area (Å²) in [4.78, 5) is 15.7. The molecule has 1 N–H and O–H groups in total. The average molecular weight is 254 g/mol. The molecule has 4 heteroatoms. The minimum Gasteiger partial charge on any atom is -0.497 e. The topological polar surface area (TPSA) is 51.2 Å². The molecule has 96 valence electrons. The molecule has 19 heavy (non-hydrogen) atoms. The van der Waals surface area contributed by atoms with E-state index in [9.17, 15) is 4.79 Å². The molecule has 0 unspecified atom stereocenters. The molecule has 1 aromatic heterocycles. The highest BCUT2D eigenvalue weighted by atomic mass is 16.5. The van der Waals surface area contributed by atoms with Crippen molar-refractivity contribution in [3.63, 3.8) is 0 Å². The number of nitrogens with one attached hydrogen (secondary N) is 1. The zero-order valence-corrected chi connectivity index (χ0v) is 10.5. The number of nitrogens with zero attached hydrogens (tertiary/aromatic N) is 1. The molecule has 1 aromatic carbocycles. The SMILES string of the molecule is COc1ccc(/C=C/C(=O)Nc2ccccn2)cc1. The second-order valence-corrected chi connectivity index (χ2v) is 3.81. The van der Waals surface area contributed by atoms with Crippen molar-refractivity contribution in [3.05, 3.63) is 60.3 Å². The zero-order valence-electron chi connectivity index (χ0n) is 10.5. The fourth-order valence-electron chi connectivity index (χ4n) is 1.49. The first kappa shape index (κ1) is 12.8. The van der Waals surface area contributed by atoms with Crippen molar-refractivity contribution in [1.29, 1.82) is 0 Å². The summed E-state index contributed by atoms with van der Waals surface area (Å²) in [5, 5.41) is 2.67. The molecule has 0 atom stereocenters. The van der Waals surface area contributed by atoms with Crippen LogP contribution in [0.3, 0.4) is 0 Å². The van der Waals surface area contributed by atoms with Crippen molar-refractivity contribution in [1.82, 2.24) is 4.98 Å². The number of ether oxygens (including phenoxy) is 1. The van der Waals surface area contributed by atoms with Crippen molar-refractivity contribution in [2.45, 2.75) is 0 Å². The molecule has 2 aromatic rings. The van der Waals surface area contributed by atoms with Crippen LogP contribution >= 0.6 is 0 Å². The number of hydrogen-bond acceptors (Lipinski definition) is 3. The molecule has 1 heterocycles. The minimum atomic E-state index is -0.213. The van der Waals surface area contributed by atoms with Gasteiger partial charge in [-0.25, -0.2) is 4.98 Å². The number of benzene rings is 1. The Bertz CT molecular complexity index is 562. The van der Waals surface area contributed by atoms with Gasteiger partial charge in [0.2, 0.25) is 5.91 Å². The standard InChI is InChI=1S/C15H14N2O2/c1-19-13-8-5-12(6-9-13)7-10-15(18)17-14-4-2-3-11-16-14/h2-11H,1H3,(H,16,17,18)/b10-7+. The molecule has 0 saturated carbocycles. The number of aromatic nitrogens is 1. The van der Waals surface area contributed by atoms with Crippen LogP contribution in [0.4, 0.5) is 5.82 Å². The summed E-state index contributed by atoms with van der Waals surface area (Å²) in [6.07, 6.45) is 4.83. The molecule has 0 bridgehead atoms. The first-order chi connectivity index (χ1) is 9.28. The van der Waals surface area contributed by atoms with Crippen LogP contribution in [0, 0.1) is 0 Å². The van der Waals surface area contributed by atoms with E-state index in [1.807, 2.05) is 30.3 Å². The number of rotatable bonds is 4. The fraction of sp³-hybridized carbons (Fsp3) is 0.0667. The van der Waals surface area contributed by atoms with E-state index in [4.69, 9.17) is 4.74 Å². The van der Waals surface area contributed by atoms with E-state index in [1.165, 1.54) is 6.08 Å². The van der Waals surface area contributed by atoms with E-state index in [-0.39, 0.29) is 5.91 Å². The van der Waals surface area contributed by atoms with Gasteiger partial charge in [0.1, 0.15) is 11.6 Å². The largest absolute Gasteiger partial charge is 0.497 e. The summed E-state index contributed by atoms with van der Waals surface area (Å²) in [5.74, 6) is 1.11. The van der Waals surface area contributed by atoms with Gasteiger partial charge >= 0.3 is 0 Å². The maximum absolute atomic E-state index is 11.6. The van der Waals surface area contributed by atoms with Crippen LogP contribution < -0.4 is 10.1 Å². The molecule has 0 aliphatic heterocycles. The van der Waals surface area contributed by atoms with Crippen molar-refractivity contribution >= 4 is 17.8 Å². The van der Waals surface area contributed by atoms with Crippen LogP contribution in [0.5, 0.6) is 5.75 Å². The van der Waals surface area contributed by atoms with E-state index in [2.05, 4.69) is 10.3 Å². The molecule has 2 rings (SSSR count). The van der Waals surface area contributed by atoms with Gasteiger partial charge in [-0.2, -0.15) is 0 Å². The third-order valence-electron chi connectivity index (χ3n) is 2.46. The van der Waals surface area contributed by atoms with Gasteiger partial charge in [-0.1, -0.05) is 18.2 Å². The van der Waals surface area contributed by atoms with Crippen LogP contribution in [0.2, 0.25) is 0 Å². The monoisotopic (exact) mass is 254 g/mol. The van der Waals surface area contributed by atoms with E-state index in [1.54, 1.807) is 31.5 Å². The Hall–Kier alpha value is -2.62. The number of hydrogen-bond donors (Lipinski definition) is 1. The first-order valence-electron chi connectivity index (χ1n) is 5.82. The Balaban J connectivity index is 1.96. The highest BCUT2D eigenvalue weighted by Crippen LogP contribution is 2.12. The Kier molecular flexibility index (Phi) is 4.29. The van der Waals surface area contributed by atoms with Crippen LogP contribution in [-0.4, -0.2) is 18.0 Å². The quantitative estimate of drug-likeness (QED) is 0.853. The molecule has 0 fully saturated rings. The number of carbonyl (C=O) groups excluding carboxylic acids is 1. The van der Waals surface area contributed by atoms with E-state index in [0.29, 0.717) is 5.82 Å². The van der Waals surface area contributed by atoms with Crippen LogP contribution in [0.1, 0.15) is 5.56 Å². The predicted molar refractivity (Wildman–Crippen MR) is 74.9 cm³/mol. The van der Waals surface area contributed by atoms with Gasteiger partial charge < -0.3 is 10.1 Å². The smallest absolute Gasteiger partial charge is 0.249 e. The maximum Gasteiger partial charge on any atom is 0.249 e. The fourth-order valence-corrected chi connectivity index (χ4v) is 1.49. The molecule has 0 saturated heterocycles. The van der Waals surface area contributed by atoms with Crippen molar-refractivity contribution in [3.8, 4) is 5.75 Å². The lowest BCUT2D eigenvalue weighted by Gasteiger charge is -2.00. The summed E-state index contributed by atoms with van der Waals surface area (Å²) in [7, 11) is 1.62. The Morgan fingerprint density at radius 1 is 1.21 bits per heavy atom. The molecule has 1 amide bonds. The molecule has 0 spiro atoms. The number of amides is 1. The third kappa shape index (κ3) is 3.96. The number of methoxy groups -OCH3 is 1. The number of anilines is 1. The summed E-state index contributed by atoms with van der Waals surface area (Å²) < 4.78 is 5.06. The van der Waals surface area contributed by atoms with Crippen molar-refractivity contribution in [2.24, 2.45) is 0 Å². The maximum atomic E-state index is 11.6. The van der Waals surface area contributed by atoms with Gasteiger partial charge in [0, 0.05) is 12.3 Å². The Morgan fingerprint density at radius 3 is 2.63 bits per heavy atom. The second kappa shape index (κ2) is 6.35. The van der Waals surface area contributed by atoms with Gasteiger partial charge in [-0.3, -0.25) is 4.79 Å². The van der Waals surface area contributed by atoms with Crippen LogP contribution in [-0.2, 0) is 4.79 Å². The molecule has 0 aliphatic carbocycles. The first-order valence-corrected chi connectivity index (χ1v) is 5.82. The zero-order chi connectivity index (χ0) is 13.5. The van der Waals surface area contributed by atoms with Gasteiger partial charge in [-0.15, -0.1) is 0 Å². The molecule has 0 aliphatic rings. The lowest BCUT2D eigenvalue weighted by Crippen LogP contribution is -2.08. The van der Waals surface area contributed by atoms with Gasteiger partial charge in [0.15, 0.2) is 0 Å². The van der Waals surface area contributed by atoms with Gasteiger partial charge in [-0.05, 0) is 35.9 Å². The summed E-state index contributed by atoms with van der Waals surface area (Å²) in [5.41, 5.74) is 0.928. The lowest BCUT2D eigenvalue weighted by molar-refractivity contribution is -0.111. The van der Waals surface area contributed by atoms with Crippen LogP contribution in [0.15, 0.2) is 54.7 Å². The van der Waals surface area contributed by atoms with Gasteiger partial charge in [0.25, 0.3) is 0 Å². The number of carbonyl (C=O) groups is 1. The summed E-state index contributed by atoms with van der Waals surface area (Å²) >= 11 is 0. The average Bonchev–Trinajstić information content (AvgIpc) is 2.47. The van der Waals surface area contributed by atoms with E-state index < -0.39 is 0 Å². The predicted octanol–water partition coefficient (Wildman–Crippen LogP) is 2.74. The molecule has 4 nitrogen and oxygen atoms in total. The Morgan fingerprint density at radius 2 is 2.00 bits per heavy atom. The number of pyridine rings is 1. The highest BCUT2D eigenvalue weighted by molar-refractivity contribution is 6.01. The van der Waals surface area contributed by atoms with Crippen molar-refractivity contribution < 1.29 is 9.53 Å². The minimum absolute atomic E-state index is 0.213. The molecular formula is C15H14N2O2. The lowest BCUT2D eigenvalue weighted by atomic mass is 10.2. The van der Waals surface area contributed by atoms with E-state index in [0.717, 1.165) is 11.3 Å². The van der Waals surface area contributed by atoms with Crippen molar-refractivity contribution in [2.75, 3.05) is 12.4 Å². The summed E-state index contributed by atoms with van der Waals surface area (Å²) in [6.45, 7) is 0. The van der Waals surface area contributed by atoms with E-state index >= 15 is 0 Å². The highest BCUT2D eigenvalue weighted by Gasteiger charge is 1.97. The normalized spacial score (nSPS) is 10.4. The second-order valence-electron chi connectivity index (χ2n) is 3.81.